The van der Waals surface area contributed by atoms with E-state index in [0.717, 1.165) is 43.4 Å². The van der Waals surface area contributed by atoms with E-state index >= 15 is 0 Å². The minimum absolute atomic E-state index is 0.551. The molecule has 4 aromatic carbocycles. The molecule has 0 heterocycles. The second-order valence-corrected chi connectivity index (χ2v) is 7.79. The largest absolute Gasteiger partial charge is 0.372 e. The van der Waals surface area contributed by atoms with Gasteiger partial charge in [0.2, 0.25) is 0 Å². The van der Waals surface area contributed by atoms with Gasteiger partial charge in [-0.25, -0.2) is 0 Å². The van der Waals surface area contributed by atoms with Gasteiger partial charge in [0.1, 0.15) is 0 Å². The summed E-state index contributed by atoms with van der Waals surface area (Å²) < 4.78 is 5.98. The Kier molecular flexibility index (Phi) is 6.31. The molecule has 0 fully saturated rings. The molecule has 0 amide bonds. The normalized spacial score (nSPS) is 10.8. The third kappa shape index (κ3) is 5.27. The van der Waals surface area contributed by atoms with E-state index in [2.05, 4.69) is 60.7 Å². The number of ether oxygens (including phenoxy) is 1. The summed E-state index contributed by atoms with van der Waals surface area (Å²) in [5.74, 6) is 0. The summed E-state index contributed by atoms with van der Waals surface area (Å²) in [7, 11) is 0. The fraction of sp³-hybridized carbons (Fsp3) is 0.0769. The first-order chi connectivity index (χ1) is 14.2. The Labute approximate surface area is 181 Å². The Bertz CT molecular complexity index is 1030. The van der Waals surface area contributed by atoms with Crippen LogP contribution in [0.15, 0.2) is 97.1 Å². The van der Waals surface area contributed by atoms with E-state index in [9.17, 15) is 0 Å². The Balaban J connectivity index is 1.42. The van der Waals surface area contributed by atoms with Crippen LogP contribution in [0.4, 0.5) is 0 Å². The molecule has 0 unspecified atom stereocenters. The molecule has 4 aromatic rings. The summed E-state index contributed by atoms with van der Waals surface area (Å²) in [5.41, 5.74) is 6.75. The highest BCUT2D eigenvalue weighted by atomic mass is 35.5. The third-order valence-electron chi connectivity index (χ3n) is 4.71. The van der Waals surface area contributed by atoms with Crippen LogP contribution >= 0.6 is 23.2 Å². The van der Waals surface area contributed by atoms with Crippen LogP contribution in [0, 0.1) is 0 Å². The first kappa shape index (κ1) is 19.7. The number of rotatable bonds is 6. The van der Waals surface area contributed by atoms with Gasteiger partial charge in [-0.1, -0.05) is 83.9 Å². The first-order valence-corrected chi connectivity index (χ1v) is 10.2. The minimum atomic E-state index is 0.551. The van der Waals surface area contributed by atoms with Gasteiger partial charge >= 0.3 is 0 Å². The van der Waals surface area contributed by atoms with E-state index in [4.69, 9.17) is 27.9 Å². The van der Waals surface area contributed by atoms with Crippen LogP contribution in [-0.4, -0.2) is 0 Å². The number of hydrogen-bond donors (Lipinski definition) is 0. The number of hydrogen-bond acceptors (Lipinski definition) is 1. The van der Waals surface area contributed by atoms with Crippen molar-refractivity contribution in [3.05, 3.63) is 118 Å². The summed E-state index contributed by atoms with van der Waals surface area (Å²) in [5, 5.41) is 1.48. The standard InChI is InChI=1S/C26H20Cl2O/c27-25-11-3-9-23(15-25)21-7-1-5-19(13-21)17-29-18-20-6-2-8-22(14-20)24-10-4-12-26(28)16-24/h1-16H,17-18H2. The van der Waals surface area contributed by atoms with Gasteiger partial charge in [-0.15, -0.1) is 0 Å². The van der Waals surface area contributed by atoms with Gasteiger partial charge in [-0.2, -0.15) is 0 Å². The molecule has 0 bridgehead atoms. The van der Waals surface area contributed by atoms with Gasteiger partial charge < -0.3 is 4.74 Å². The van der Waals surface area contributed by atoms with Gasteiger partial charge in [0, 0.05) is 10.0 Å². The van der Waals surface area contributed by atoms with Crippen LogP contribution < -0.4 is 0 Å². The third-order valence-corrected chi connectivity index (χ3v) is 5.18. The molecule has 0 aliphatic heterocycles. The SMILES string of the molecule is Clc1cccc(-c2cccc(COCc3cccc(-c4cccc(Cl)c4)c3)c2)c1. The molecule has 0 saturated heterocycles. The lowest BCUT2D eigenvalue weighted by Crippen LogP contribution is -1.95. The van der Waals surface area contributed by atoms with Gasteiger partial charge in [0.15, 0.2) is 0 Å². The lowest BCUT2D eigenvalue weighted by Gasteiger charge is -2.09. The quantitative estimate of drug-likeness (QED) is 0.307. The number of halogens is 2. The van der Waals surface area contributed by atoms with E-state index < -0.39 is 0 Å². The summed E-state index contributed by atoms with van der Waals surface area (Å²) in [6, 6.07) is 32.5. The van der Waals surface area contributed by atoms with Crippen LogP contribution in [-0.2, 0) is 18.0 Å². The fourth-order valence-corrected chi connectivity index (χ4v) is 3.68. The van der Waals surface area contributed by atoms with E-state index in [1.54, 1.807) is 0 Å². The Hall–Kier alpha value is -2.58. The van der Waals surface area contributed by atoms with Crippen molar-refractivity contribution in [2.24, 2.45) is 0 Å². The van der Waals surface area contributed by atoms with Crippen molar-refractivity contribution in [1.29, 1.82) is 0 Å². The zero-order valence-corrected chi connectivity index (χ0v) is 17.3. The molecule has 1 nitrogen and oxygen atoms in total. The average Bonchev–Trinajstić information content (AvgIpc) is 2.74. The minimum Gasteiger partial charge on any atom is -0.372 e. The van der Waals surface area contributed by atoms with Crippen molar-refractivity contribution in [2.45, 2.75) is 13.2 Å². The molecular formula is C26H20Cl2O. The van der Waals surface area contributed by atoms with Crippen LogP contribution in [0.25, 0.3) is 22.3 Å². The van der Waals surface area contributed by atoms with Gasteiger partial charge in [-0.3, -0.25) is 0 Å². The van der Waals surface area contributed by atoms with Gasteiger partial charge in [0.25, 0.3) is 0 Å². The van der Waals surface area contributed by atoms with Crippen molar-refractivity contribution in [2.75, 3.05) is 0 Å². The predicted molar refractivity (Wildman–Crippen MR) is 122 cm³/mol. The highest BCUT2D eigenvalue weighted by Crippen LogP contribution is 2.25. The molecule has 29 heavy (non-hydrogen) atoms. The highest BCUT2D eigenvalue weighted by Gasteiger charge is 2.03. The molecule has 0 N–H and O–H groups in total. The predicted octanol–water partition coefficient (Wildman–Crippen LogP) is 8.04. The molecule has 4 rings (SSSR count). The summed E-state index contributed by atoms with van der Waals surface area (Å²) in [6.45, 7) is 1.10. The monoisotopic (exact) mass is 418 g/mol. The van der Waals surface area contributed by atoms with Crippen molar-refractivity contribution in [3.8, 4) is 22.3 Å². The highest BCUT2D eigenvalue weighted by molar-refractivity contribution is 6.31. The zero-order chi connectivity index (χ0) is 20.1. The van der Waals surface area contributed by atoms with Crippen LogP contribution in [0.5, 0.6) is 0 Å². The molecule has 144 valence electrons. The smallest absolute Gasteiger partial charge is 0.0721 e. The second-order valence-electron chi connectivity index (χ2n) is 6.91. The molecule has 0 aliphatic carbocycles. The maximum Gasteiger partial charge on any atom is 0.0721 e. The Morgan fingerprint density at radius 2 is 0.862 bits per heavy atom. The topological polar surface area (TPSA) is 9.23 Å². The van der Waals surface area contributed by atoms with Crippen molar-refractivity contribution in [3.63, 3.8) is 0 Å². The molecule has 0 spiro atoms. The number of benzene rings is 4. The lowest BCUT2D eigenvalue weighted by atomic mass is 10.0. The van der Waals surface area contributed by atoms with E-state index in [1.165, 1.54) is 0 Å². The van der Waals surface area contributed by atoms with Crippen LogP contribution in [0.2, 0.25) is 10.0 Å². The molecule has 0 aliphatic rings. The second kappa shape index (κ2) is 9.28. The maximum absolute atomic E-state index is 6.12. The molecule has 0 radical (unpaired) electrons. The molecule has 0 atom stereocenters. The van der Waals surface area contributed by atoms with E-state index in [-0.39, 0.29) is 0 Å². The summed E-state index contributed by atoms with van der Waals surface area (Å²) in [6.07, 6.45) is 0. The van der Waals surface area contributed by atoms with Crippen LogP contribution in [0.1, 0.15) is 11.1 Å². The lowest BCUT2D eigenvalue weighted by molar-refractivity contribution is 0.107. The molecule has 0 saturated carbocycles. The van der Waals surface area contributed by atoms with Crippen molar-refractivity contribution >= 4 is 23.2 Å². The van der Waals surface area contributed by atoms with E-state index in [0.29, 0.717) is 13.2 Å². The van der Waals surface area contributed by atoms with E-state index in [1.807, 2.05) is 36.4 Å². The van der Waals surface area contributed by atoms with Crippen LogP contribution in [0.3, 0.4) is 0 Å². The molecule has 3 heteroatoms. The molecular weight excluding hydrogens is 399 g/mol. The summed E-state index contributed by atoms with van der Waals surface area (Å²) >= 11 is 12.2. The Morgan fingerprint density at radius 1 is 0.483 bits per heavy atom. The van der Waals surface area contributed by atoms with Crippen molar-refractivity contribution in [1.82, 2.24) is 0 Å². The first-order valence-electron chi connectivity index (χ1n) is 9.45. The van der Waals surface area contributed by atoms with Gasteiger partial charge in [0.05, 0.1) is 13.2 Å². The average molecular weight is 419 g/mol. The maximum atomic E-state index is 6.12. The van der Waals surface area contributed by atoms with Crippen molar-refractivity contribution < 1.29 is 4.74 Å². The summed E-state index contributed by atoms with van der Waals surface area (Å²) in [4.78, 5) is 0. The fourth-order valence-electron chi connectivity index (χ4n) is 3.30. The van der Waals surface area contributed by atoms with Gasteiger partial charge in [-0.05, 0) is 69.8 Å². The Morgan fingerprint density at radius 3 is 1.28 bits per heavy atom. The molecule has 0 aromatic heterocycles. The zero-order valence-electron chi connectivity index (χ0n) is 15.8.